The van der Waals surface area contributed by atoms with E-state index < -0.39 is 11.7 Å². The van der Waals surface area contributed by atoms with Crippen molar-refractivity contribution in [1.29, 1.82) is 0 Å². The van der Waals surface area contributed by atoms with Gasteiger partial charge >= 0.3 is 0 Å². The van der Waals surface area contributed by atoms with Crippen molar-refractivity contribution in [1.82, 2.24) is 4.90 Å². The zero-order valence-electron chi connectivity index (χ0n) is 15.9. The van der Waals surface area contributed by atoms with Crippen molar-refractivity contribution in [3.63, 3.8) is 0 Å². The summed E-state index contributed by atoms with van der Waals surface area (Å²) in [5, 5.41) is 0. The molecule has 0 N–H and O–H groups in total. The molecule has 6 heteroatoms. The third-order valence-corrected chi connectivity index (χ3v) is 4.99. The van der Waals surface area contributed by atoms with Crippen molar-refractivity contribution < 1.29 is 23.9 Å². The fourth-order valence-electron chi connectivity index (χ4n) is 3.73. The standard InChI is InChI=1S/C21H23NO5/c1-12(2)15-16-14(17(23)19(26-3)20(27-4)18(16)24)11-22(21(15)25)10-13-8-6-5-7-9-13/h5-9,12,15H,10-11H2,1-4H3. The lowest BCUT2D eigenvalue weighted by Gasteiger charge is -2.38. The molecule has 1 atom stereocenters. The van der Waals surface area contributed by atoms with Crippen molar-refractivity contribution in [3.8, 4) is 0 Å². The van der Waals surface area contributed by atoms with Crippen molar-refractivity contribution in [2.45, 2.75) is 20.4 Å². The first kappa shape index (κ1) is 18.9. The summed E-state index contributed by atoms with van der Waals surface area (Å²) < 4.78 is 10.3. The molecular weight excluding hydrogens is 346 g/mol. The van der Waals surface area contributed by atoms with E-state index in [2.05, 4.69) is 0 Å². The Balaban J connectivity index is 2.06. The molecule has 0 spiro atoms. The number of ether oxygens (including phenoxy) is 2. The Morgan fingerprint density at radius 3 is 2.15 bits per heavy atom. The van der Waals surface area contributed by atoms with Crippen LogP contribution in [-0.2, 0) is 30.4 Å². The van der Waals surface area contributed by atoms with Crippen LogP contribution in [0.3, 0.4) is 0 Å². The summed E-state index contributed by atoms with van der Waals surface area (Å²) in [6.07, 6.45) is 0. The maximum absolute atomic E-state index is 13.2. The number of nitrogens with zero attached hydrogens (tertiary/aromatic N) is 1. The second-order valence-corrected chi connectivity index (χ2v) is 7.02. The molecule has 0 bridgehead atoms. The smallest absolute Gasteiger partial charge is 0.231 e. The number of Topliss-reactive ketones (excluding diaryl/α,β-unsaturated/α-hetero) is 2. The second kappa shape index (κ2) is 7.39. The predicted molar refractivity (Wildman–Crippen MR) is 98.3 cm³/mol. The minimum absolute atomic E-state index is 0.0840. The van der Waals surface area contributed by atoms with E-state index in [1.165, 1.54) is 14.2 Å². The van der Waals surface area contributed by atoms with Gasteiger partial charge in [-0.25, -0.2) is 0 Å². The number of carbonyl (C=O) groups is 3. The first-order chi connectivity index (χ1) is 12.9. The Bertz CT molecular complexity index is 851. The van der Waals surface area contributed by atoms with Crippen LogP contribution in [0.2, 0.25) is 0 Å². The molecule has 1 aliphatic carbocycles. The summed E-state index contributed by atoms with van der Waals surface area (Å²) in [7, 11) is 2.66. The van der Waals surface area contributed by atoms with Crippen LogP contribution in [0, 0.1) is 11.8 Å². The largest absolute Gasteiger partial charge is 0.489 e. The summed E-state index contributed by atoms with van der Waals surface area (Å²) in [6, 6.07) is 9.57. The minimum atomic E-state index is -0.683. The molecule has 0 aromatic heterocycles. The zero-order valence-corrected chi connectivity index (χ0v) is 15.9. The fourth-order valence-corrected chi connectivity index (χ4v) is 3.73. The lowest BCUT2D eigenvalue weighted by Crippen LogP contribution is -2.49. The van der Waals surface area contributed by atoms with Gasteiger partial charge in [0, 0.05) is 17.7 Å². The van der Waals surface area contributed by atoms with Gasteiger partial charge in [0.05, 0.1) is 26.7 Å². The van der Waals surface area contributed by atoms with E-state index in [0.29, 0.717) is 12.1 Å². The average molecular weight is 369 g/mol. The third-order valence-electron chi connectivity index (χ3n) is 4.99. The van der Waals surface area contributed by atoms with E-state index in [1.54, 1.807) is 4.90 Å². The van der Waals surface area contributed by atoms with Gasteiger partial charge in [0.15, 0.2) is 0 Å². The van der Waals surface area contributed by atoms with Gasteiger partial charge < -0.3 is 14.4 Å². The first-order valence-corrected chi connectivity index (χ1v) is 8.88. The molecule has 1 aliphatic heterocycles. The van der Waals surface area contributed by atoms with Gasteiger partial charge in [-0.05, 0) is 11.5 Å². The highest BCUT2D eigenvalue weighted by atomic mass is 16.5. The van der Waals surface area contributed by atoms with Gasteiger partial charge in [-0.3, -0.25) is 14.4 Å². The normalized spacial score (nSPS) is 20.4. The quantitative estimate of drug-likeness (QED) is 0.745. The summed E-state index contributed by atoms with van der Waals surface area (Å²) in [4.78, 5) is 40.8. The van der Waals surface area contributed by atoms with Crippen molar-refractivity contribution in [3.05, 3.63) is 58.6 Å². The molecule has 142 valence electrons. The summed E-state index contributed by atoms with van der Waals surface area (Å²) >= 11 is 0. The Morgan fingerprint density at radius 2 is 1.59 bits per heavy atom. The molecule has 0 saturated carbocycles. The monoisotopic (exact) mass is 369 g/mol. The summed E-state index contributed by atoms with van der Waals surface area (Å²) in [5.74, 6) is -2.02. The first-order valence-electron chi connectivity index (χ1n) is 8.88. The van der Waals surface area contributed by atoms with Crippen LogP contribution in [0.5, 0.6) is 0 Å². The summed E-state index contributed by atoms with van der Waals surface area (Å²) in [5.41, 5.74) is 1.54. The van der Waals surface area contributed by atoms with E-state index in [-0.39, 0.29) is 41.2 Å². The molecule has 1 unspecified atom stereocenters. The van der Waals surface area contributed by atoms with Crippen LogP contribution in [0.4, 0.5) is 0 Å². The summed E-state index contributed by atoms with van der Waals surface area (Å²) in [6.45, 7) is 4.21. The lowest BCUT2D eigenvalue weighted by atomic mass is 9.75. The van der Waals surface area contributed by atoms with Gasteiger partial charge in [0.25, 0.3) is 0 Å². The van der Waals surface area contributed by atoms with Gasteiger partial charge in [0.2, 0.25) is 29.0 Å². The van der Waals surface area contributed by atoms with Crippen LogP contribution in [0.25, 0.3) is 0 Å². The van der Waals surface area contributed by atoms with Crippen molar-refractivity contribution in [2.75, 3.05) is 20.8 Å². The Kier molecular flexibility index (Phi) is 5.17. The number of allylic oxidation sites excluding steroid dienone is 2. The van der Waals surface area contributed by atoms with Crippen LogP contribution >= 0.6 is 0 Å². The molecule has 1 heterocycles. The highest BCUT2D eigenvalue weighted by molar-refractivity contribution is 6.26. The maximum Gasteiger partial charge on any atom is 0.231 e. The zero-order chi connectivity index (χ0) is 19.7. The van der Waals surface area contributed by atoms with E-state index in [9.17, 15) is 14.4 Å². The molecule has 1 aromatic rings. The van der Waals surface area contributed by atoms with Gasteiger partial charge in [0.1, 0.15) is 0 Å². The van der Waals surface area contributed by atoms with Crippen LogP contribution < -0.4 is 0 Å². The molecule has 3 rings (SSSR count). The number of amides is 1. The SMILES string of the molecule is COC1=C(OC)C(=O)C2=C(CN(Cc3ccccc3)C(=O)C2C(C)C)C1=O. The van der Waals surface area contributed by atoms with Gasteiger partial charge in [-0.2, -0.15) is 0 Å². The average Bonchev–Trinajstić information content (AvgIpc) is 2.65. The Hall–Kier alpha value is -2.89. The number of ketones is 2. The Labute approximate surface area is 158 Å². The van der Waals surface area contributed by atoms with E-state index >= 15 is 0 Å². The molecule has 2 aliphatic rings. The number of hydrogen-bond acceptors (Lipinski definition) is 5. The molecule has 0 radical (unpaired) electrons. The van der Waals surface area contributed by atoms with Gasteiger partial charge in [-0.1, -0.05) is 44.2 Å². The maximum atomic E-state index is 13.2. The van der Waals surface area contributed by atoms with Crippen molar-refractivity contribution >= 4 is 17.5 Å². The Morgan fingerprint density at radius 1 is 1.00 bits per heavy atom. The van der Waals surface area contributed by atoms with Crippen molar-refractivity contribution in [2.24, 2.45) is 11.8 Å². The molecule has 1 aromatic carbocycles. The molecule has 1 amide bonds. The molecule has 0 saturated heterocycles. The number of benzene rings is 1. The molecule has 6 nitrogen and oxygen atoms in total. The number of methoxy groups -OCH3 is 2. The molecule has 27 heavy (non-hydrogen) atoms. The lowest BCUT2D eigenvalue weighted by molar-refractivity contribution is -0.139. The predicted octanol–water partition coefficient (Wildman–Crippen LogP) is 2.25. The fraction of sp³-hybridized carbons (Fsp3) is 0.381. The van der Waals surface area contributed by atoms with E-state index in [0.717, 1.165) is 5.56 Å². The highest BCUT2D eigenvalue weighted by Crippen LogP contribution is 2.38. The van der Waals surface area contributed by atoms with Gasteiger partial charge in [-0.15, -0.1) is 0 Å². The topological polar surface area (TPSA) is 72.9 Å². The van der Waals surface area contributed by atoms with Crippen LogP contribution in [-0.4, -0.2) is 43.1 Å². The van der Waals surface area contributed by atoms with Crippen LogP contribution in [0.15, 0.2) is 53.0 Å². The number of carbonyl (C=O) groups excluding carboxylic acids is 3. The number of hydrogen-bond donors (Lipinski definition) is 0. The minimum Gasteiger partial charge on any atom is -0.489 e. The molecular formula is C21H23NO5. The number of rotatable bonds is 5. The van der Waals surface area contributed by atoms with E-state index in [1.807, 2.05) is 44.2 Å². The van der Waals surface area contributed by atoms with Crippen LogP contribution in [0.1, 0.15) is 19.4 Å². The molecule has 0 fully saturated rings. The third kappa shape index (κ3) is 3.16. The highest BCUT2D eigenvalue weighted by Gasteiger charge is 2.47. The second-order valence-electron chi connectivity index (χ2n) is 7.02. The van der Waals surface area contributed by atoms with E-state index in [4.69, 9.17) is 9.47 Å².